The van der Waals surface area contributed by atoms with E-state index in [0.29, 0.717) is 25.9 Å². The molecule has 0 saturated carbocycles. The minimum atomic E-state index is -1.22. The van der Waals surface area contributed by atoms with E-state index in [1.54, 1.807) is 0 Å². The molecule has 0 radical (unpaired) electrons. The Morgan fingerprint density at radius 2 is 1.41 bits per heavy atom. The predicted octanol–water partition coefficient (Wildman–Crippen LogP) is -1.27. The second-order valence-corrected chi connectivity index (χ2v) is 9.51. The van der Waals surface area contributed by atoms with Crippen LogP contribution >= 0.6 is 0 Å². The third kappa shape index (κ3) is 16.8. The number of rotatable bonds is 20. The molecule has 1 rings (SSSR count). The molecule has 1 aliphatic heterocycles. The molecule has 0 aromatic heterocycles. The Balaban J connectivity index is 2.51. The number of carbonyl (C=O) groups excluding carboxylic acids is 6. The Morgan fingerprint density at radius 3 is 2.02 bits per heavy atom. The third-order valence-corrected chi connectivity index (χ3v) is 5.68. The van der Waals surface area contributed by atoms with Crippen LogP contribution in [0.3, 0.4) is 0 Å². The van der Waals surface area contributed by atoms with Gasteiger partial charge in [0.15, 0.2) is 18.5 Å². The Hall–Kier alpha value is -3.78. The van der Waals surface area contributed by atoms with Crippen molar-refractivity contribution in [3.05, 3.63) is 0 Å². The highest BCUT2D eigenvalue weighted by molar-refractivity contribution is 5.77. The fourth-order valence-electron chi connectivity index (χ4n) is 3.91. The predicted molar refractivity (Wildman–Crippen MR) is 150 cm³/mol. The van der Waals surface area contributed by atoms with Gasteiger partial charge >= 0.3 is 17.9 Å². The Bertz CT molecular complexity index is 1000. The molecule has 5 atom stereocenters. The first-order valence-electron chi connectivity index (χ1n) is 14.1. The number of terminal acetylenes is 1. The van der Waals surface area contributed by atoms with Gasteiger partial charge in [-0.1, -0.05) is 0 Å². The summed E-state index contributed by atoms with van der Waals surface area (Å²) in [5.41, 5.74) is 0. The summed E-state index contributed by atoms with van der Waals surface area (Å²) in [4.78, 5) is 70.4. The third-order valence-electron chi connectivity index (χ3n) is 5.68. The molecular formula is C28H43N3O13. The van der Waals surface area contributed by atoms with Crippen molar-refractivity contribution in [1.29, 1.82) is 0 Å². The molecule has 1 saturated heterocycles. The SMILES string of the molecule is C#CCCC(=O)NCCCNC(=O)COCCOCCOC1OC(COC(C)=O)C(OC(C)=O)C(OC(C)=O)C1NC(C)=O. The lowest BCUT2D eigenvalue weighted by atomic mass is 9.96. The van der Waals surface area contributed by atoms with Crippen molar-refractivity contribution in [2.45, 2.75) is 77.6 Å². The summed E-state index contributed by atoms with van der Waals surface area (Å²) < 4.78 is 38.2. The number of carbonyl (C=O) groups is 6. The Kier molecular flexibility index (Phi) is 19.0. The smallest absolute Gasteiger partial charge is 0.303 e. The molecule has 3 N–H and O–H groups in total. The first-order chi connectivity index (χ1) is 20.9. The van der Waals surface area contributed by atoms with Crippen LogP contribution in [0.25, 0.3) is 0 Å². The minimum Gasteiger partial charge on any atom is -0.463 e. The van der Waals surface area contributed by atoms with Crippen LogP contribution in [-0.2, 0) is 61.9 Å². The molecule has 3 amide bonds. The monoisotopic (exact) mass is 629 g/mol. The molecule has 0 spiro atoms. The normalized spacial score (nSPS) is 20.8. The summed E-state index contributed by atoms with van der Waals surface area (Å²) in [5, 5.41) is 7.98. The van der Waals surface area contributed by atoms with Crippen molar-refractivity contribution in [3.8, 4) is 12.3 Å². The van der Waals surface area contributed by atoms with Crippen LogP contribution in [0.15, 0.2) is 0 Å². The second kappa shape index (κ2) is 21.8. The zero-order valence-corrected chi connectivity index (χ0v) is 25.5. The van der Waals surface area contributed by atoms with Gasteiger partial charge in [0.2, 0.25) is 17.7 Å². The van der Waals surface area contributed by atoms with Crippen molar-refractivity contribution >= 4 is 35.6 Å². The van der Waals surface area contributed by atoms with Crippen LogP contribution in [0.2, 0.25) is 0 Å². The summed E-state index contributed by atoms with van der Waals surface area (Å²) in [5.74, 6) is -0.603. The Morgan fingerprint density at radius 1 is 0.795 bits per heavy atom. The van der Waals surface area contributed by atoms with Gasteiger partial charge in [-0.2, -0.15) is 0 Å². The number of ether oxygens (including phenoxy) is 7. The highest BCUT2D eigenvalue weighted by Gasteiger charge is 2.51. The fourth-order valence-corrected chi connectivity index (χ4v) is 3.91. The van der Waals surface area contributed by atoms with E-state index in [1.807, 2.05) is 0 Å². The molecule has 0 aliphatic carbocycles. The topological polar surface area (TPSA) is 203 Å². The van der Waals surface area contributed by atoms with E-state index >= 15 is 0 Å². The van der Waals surface area contributed by atoms with E-state index in [9.17, 15) is 28.8 Å². The first kappa shape index (κ1) is 38.2. The average molecular weight is 630 g/mol. The van der Waals surface area contributed by atoms with Crippen molar-refractivity contribution in [1.82, 2.24) is 16.0 Å². The van der Waals surface area contributed by atoms with E-state index in [0.717, 1.165) is 13.8 Å². The summed E-state index contributed by atoms with van der Waals surface area (Å²) >= 11 is 0. The van der Waals surface area contributed by atoms with Crippen LogP contribution in [0, 0.1) is 12.3 Å². The van der Waals surface area contributed by atoms with Gasteiger partial charge in [-0.3, -0.25) is 28.8 Å². The number of hydrogen-bond donors (Lipinski definition) is 3. The van der Waals surface area contributed by atoms with Gasteiger partial charge in [-0.25, -0.2) is 0 Å². The van der Waals surface area contributed by atoms with E-state index in [4.69, 9.17) is 39.6 Å². The van der Waals surface area contributed by atoms with E-state index in [1.165, 1.54) is 13.8 Å². The fraction of sp³-hybridized carbons (Fsp3) is 0.714. The van der Waals surface area contributed by atoms with Crippen LogP contribution in [0.4, 0.5) is 0 Å². The maximum atomic E-state index is 12.0. The maximum absolute atomic E-state index is 12.0. The zero-order valence-electron chi connectivity index (χ0n) is 25.5. The molecule has 1 aliphatic rings. The summed E-state index contributed by atoms with van der Waals surface area (Å²) in [6.45, 7) is 5.27. The summed E-state index contributed by atoms with van der Waals surface area (Å²) in [7, 11) is 0. The largest absolute Gasteiger partial charge is 0.463 e. The molecule has 0 aromatic rings. The van der Waals surface area contributed by atoms with Gasteiger partial charge in [0, 0.05) is 53.6 Å². The van der Waals surface area contributed by atoms with Crippen LogP contribution in [-0.4, -0.2) is 119 Å². The lowest BCUT2D eigenvalue weighted by molar-refractivity contribution is -0.279. The Labute approximate surface area is 256 Å². The van der Waals surface area contributed by atoms with Gasteiger partial charge in [0.05, 0.1) is 26.4 Å². The number of esters is 3. The number of nitrogens with one attached hydrogen (secondary N) is 3. The van der Waals surface area contributed by atoms with Gasteiger partial charge in [-0.05, 0) is 6.42 Å². The first-order valence-corrected chi connectivity index (χ1v) is 14.1. The van der Waals surface area contributed by atoms with E-state index in [2.05, 4.69) is 21.9 Å². The van der Waals surface area contributed by atoms with Crippen LogP contribution < -0.4 is 16.0 Å². The highest BCUT2D eigenvalue weighted by Crippen LogP contribution is 2.28. The van der Waals surface area contributed by atoms with Gasteiger partial charge in [0.25, 0.3) is 0 Å². The molecular weight excluding hydrogens is 586 g/mol. The van der Waals surface area contributed by atoms with Gasteiger partial charge in [-0.15, -0.1) is 12.3 Å². The molecule has 0 aromatic carbocycles. The van der Waals surface area contributed by atoms with Crippen molar-refractivity contribution in [2.24, 2.45) is 0 Å². The number of hydrogen-bond acceptors (Lipinski definition) is 13. The van der Waals surface area contributed by atoms with Gasteiger partial charge < -0.3 is 49.1 Å². The van der Waals surface area contributed by atoms with E-state index < -0.39 is 54.5 Å². The molecule has 1 heterocycles. The van der Waals surface area contributed by atoms with Crippen LogP contribution in [0.5, 0.6) is 0 Å². The highest BCUT2D eigenvalue weighted by atomic mass is 16.7. The lowest BCUT2D eigenvalue weighted by Crippen LogP contribution is -2.66. The summed E-state index contributed by atoms with van der Waals surface area (Å²) in [6, 6.07) is -1.08. The molecule has 44 heavy (non-hydrogen) atoms. The molecule has 16 nitrogen and oxygen atoms in total. The van der Waals surface area contributed by atoms with E-state index in [-0.39, 0.29) is 57.9 Å². The van der Waals surface area contributed by atoms with Crippen molar-refractivity contribution in [3.63, 3.8) is 0 Å². The van der Waals surface area contributed by atoms with Gasteiger partial charge in [0.1, 0.15) is 25.4 Å². The second-order valence-electron chi connectivity index (χ2n) is 9.51. The molecule has 5 unspecified atom stereocenters. The minimum absolute atomic E-state index is 0.0359. The van der Waals surface area contributed by atoms with Crippen LogP contribution in [0.1, 0.15) is 47.0 Å². The standard InChI is InChI=1S/C28H43N3O13/c1-6-7-9-23(36)29-10-8-11-30-24(37)17-39-13-12-38-14-15-40-28-25(31-18(2)32)27(43-21(5)35)26(42-20(4)34)22(44-28)16-41-19(3)33/h1,22,25-28H,7-17H2,2-5H3,(H,29,36)(H,30,37)(H,31,32). The number of amides is 3. The van der Waals surface area contributed by atoms with Crippen molar-refractivity contribution in [2.75, 3.05) is 52.7 Å². The quantitative estimate of drug-likeness (QED) is 0.0623. The maximum Gasteiger partial charge on any atom is 0.303 e. The molecule has 1 fully saturated rings. The lowest BCUT2D eigenvalue weighted by Gasteiger charge is -2.44. The molecule has 16 heteroatoms. The van der Waals surface area contributed by atoms with Crippen molar-refractivity contribution < 1.29 is 61.9 Å². The molecule has 0 bridgehead atoms. The molecule has 248 valence electrons. The summed E-state index contributed by atoms with van der Waals surface area (Å²) in [6.07, 6.45) is 1.58. The average Bonchev–Trinajstić information content (AvgIpc) is 2.94. The zero-order chi connectivity index (χ0) is 32.9.